The predicted molar refractivity (Wildman–Crippen MR) is 72.0 cm³/mol. The van der Waals surface area contributed by atoms with Crippen LogP contribution in [0.3, 0.4) is 0 Å². The number of nitrogens with one attached hydrogen (secondary N) is 1. The highest BCUT2D eigenvalue weighted by Crippen LogP contribution is 2.31. The Morgan fingerprint density at radius 2 is 2.19 bits per heavy atom. The molecule has 2 rings (SSSR count). The summed E-state index contributed by atoms with van der Waals surface area (Å²) in [5.41, 5.74) is 2.09. The second kappa shape index (κ2) is 4.93. The first-order valence-corrected chi connectivity index (χ1v) is 6.76. The van der Waals surface area contributed by atoms with Gasteiger partial charge in [-0.05, 0) is 15.9 Å². The summed E-state index contributed by atoms with van der Waals surface area (Å²) in [5, 5.41) is 7.21. The second-order valence-electron chi connectivity index (χ2n) is 3.29. The highest BCUT2D eigenvalue weighted by Gasteiger charge is 2.08. The van der Waals surface area contributed by atoms with Crippen LogP contribution in [0.1, 0.15) is 12.7 Å². The van der Waals surface area contributed by atoms with Gasteiger partial charge in [0.15, 0.2) is 0 Å². The zero-order chi connectivity index (χ0) is 11.5. The lowest BCUT2D eigenvalue weighted by Gasteiger charge is -2.06. The highest BCUT2D eigenvalue weighted by molar-refractivity contribution is 9.10. The Hall–Kier alpha value is -0.940. The third kappa shape index (κ3) is 2.25. The third-order valence-electron chi connectivity index (χ3n) is 2.24. The van der Waals surface area contributed by atoms with Crippen LogP contribution in [0.25, 0.3) is 11.3 Å². The SMILES string of the molecule is CCc1nc(NC)cc(-c2cscc2Br)n1. The van der Waals surface area contributed by atoms with Crippen LogP contribution < -0.4 is 5.32 Å². The van der Waals surface area contributed by atoms with Crippen LogP contribution in [0, 0.1) is 0 Å². The van der Waals surface area contributed by atoms with Gasteiger partial charge in [0.2, 0.25) is 0 Å². The number of anilines is 1. The molecular weight excluding hydrogens is 286 g/mol. The Morgan fingerprint density at radius 1 is 1.38 bits per heavy atom. The fraction of sp³-hybridized carbons (Fsp3) is 0.273. The Morgan fingerprint density at radius 3 is 2.75 bits per heavy atom. The topological polar surface area (TPSA) is 37.8 Å². The number of halogens is 1. The Bertz CT molecular complexity index is 473. The van der Waals surface area contributed by atoms with Crippen LogP contribution in [0.4, 0.5) is 5.82 Å². The van der Waals surface area contributed by atoms with Crippen molar-refractivity contribution in [2.45, 2.75) is 13.3 Å². The van der Waals surface area contributed by atoms with E-state index in [1.54, 1.807) is 11.3 Å². The number of rotatable bonds is 3. The molecule has 0 saturated carbocycles. The predicted octanol–water partition coefficient (Wildman–Crippen LogP) is 3.57. The summed E-state index contributed by atoms with van der Waals surface area (Å²) in [6.07, 6.45) is 0.838. The van der Waals surface area contributed by atoms with E-state index in [4.69, 9.17) is 0 Å². The standard InChI is InChI=1S/C11H12BrN3S/c1-3-10-14-9(4-11(13-2)15-10)7-5-16-6-8(7)12/h4-6H,3H2,1-2H3,(H,13,14,15). The molecule has 2 aromatic heterocycles. The molecular formula is C11H12BrN3S. The number of aryl methyl sites for hydroxylation is 1. The first kappa shape index (κ1) is 11.5. The average molecular weight is 298 g/mol. The first-order chi connectivity index (χ1) is 7.74. The highest BCUT2D eigenvalue weighted by atomic mass is 79.9. The number of thiophene rings is 1. The summed E-state index contributed by atoms with van der Waals surface area (Å²) in [5.74, 6) is 1.72. The van der Waals surface area contributed by atoms with Crippen molar-refractivity contribution in [2.24, 2.45) is 0 Å². The van der Waals surface area contributed by atoms with E-state index >= 15 is 0 Å². The third-order valence-corrected chi connectivity index (χ3v) is 3.94. The molecule has 0 fully saturated rings. The summed E-state index contributed by atoms with van der Waals surface area (Å²) in [4.78, 5) is 8.90. The largest absolute Gasteiger partial charge is 0.373 e. The van der Waals surface area contributed by atoms with Gasteiger partial charge in [0.25, 0.3) is 0 Å². The molecule has 2 aromatic rings. The molecule has 0 saturated heterocycles. The zero-order valence-electron chi connectivity index (χ0n) is 9.12. The number of aromatic nitrogens is 2. The van der Waals surface area contributed by atoms with E-state index in [0.29, 0.717) is 0 Å². The summed E-state index contributed by atoms with van der Waals surface area (Å²) >= 11 is 5.19. The van der Waals surface area contributed by atoms with Crippen LogP contribution in [-0.2, 0) is 6.42 Å². The molecule has 0 aliphatic rings. The molecule has 0 unspecified atom stereocenters. The van der Waals surface area contributed by atoms with E-state index in [1.807, 2.05) is 13.1 Å². The molecule has 0 atom stereocenters. The molecule has 0 amide bonds. The van der Waals surface area contributed by atoms with Crippen LogP contribution in [0.5, 0.6) is 0 Å². The maximum Gasteiger partial charge on any atom is 0.131 e. The van der Waals surface area contributed by atoms with Crippen molar-refractivity contribution in [1.29, 1.82) is 0 Å². The first-order valence-electron chi connectivity index (χ1n) is 5.02. The van der Waals surface area contributed by atoms with Gasteiger partial charge in [0.05, 0.1) is 5.69 Å². The van der Waals surface area contributed by atoms with E-state index in [2.05, 4.69) is 48.9 Å². The maximum absolute atomic E-state index is 4.53. The Balaban J connectivity index is 2.52. The molecule has 84 valence electrons. The lowest BCUT2D eigenvalue weighted by atomic mass is 10.2. The number of hydrogen-bond acceptors (Lipinski definition) is 4. The Kier molecular flexibility index (Phi) is 3.56. The van der Waals surface area contributed by atoms with Crippen molar-refractivity contribution in [2.75, 3.05) is 12.4 Å². The van der Waals surface area contributed by atoms with Crippen LogP contribution >= 0.6 is 27.3 Å². The summed E-state index contributed by atoms with van der Waals surface area (Å²) in [6.45, 7) is 2.06. The fourth-order valence-corrected chi connectivity index (χ4v) is 2.88. The maximum atomic E-state index is 4.53. The number of nitrogens with zero attached hydrogens (tertiary/aromatic N) is 2. The van der Waals surface area contributed by atoms with Gasteiger partial charge in [0, 0.05) is 40.3 Å². The molecule has 0 aromatic carbocycles. The zero-order valence-corrected chi connectivity index (χ0v) is 11.5. The smallest absolute Gasteiger partial charge is 0.131 e. The van der Waals surface area contributed by atoms with Crippen molar-refractivity contribution >= 4 is 33.1 Å². The van der Waals surface area contributed by atoms with E-state index in [9.17, 15) is 0 Å². The van der Waals surface area contributed by atoms with Gasteiger partial charge in [-0.25, -0.2) is 9.97 Å². The molecule has 5 heteroatoms. The summed E-state index contributed by atoms with van der Waals surface area (Å²) in [7, 11) is 1.87. The van der Waals surface area contributed by atoms with Crippen molar-refractivity contribution in [3.05, 3.63) is 27.1 Å². The molecule has 3 nitrogen and oxygen atoms in total. The minimum atomic E-state index is 0.838. The van der Waals surface area contributed by atoms with Gasteiger partial charge in [0.1, 0.15) is 11.6 Å². The van der Waals surface area contributed by atoms with Gasteiger partial charge in [-0.1, -0.05) is 6.92 Å². The second-order valence-corrected chi connectivity index (χ2v) is 4.89. The molecule has 0 aliphatic heterocycles. The number of hydrogen-bond donors (Lipinski definition) is 1. The van der Waals surface area contributed by atoms with Gasteiger partial charge >= 0.3 is 0 Å². The Labute approximate surface area is 107 Å². The van der Waals surface area contributed by atoms with E-state index < -0.39 is 0 Å². The van der Waals surface area contributed by atoms with Crippen molar-refractivity contribution in [3.63, 3.8) is 0 Å². The van der Waals surface area contributed by atoms with Crippen molar-refractivity contribution in [3.8, 4) is 11.3 Å². The van der Waals surface area contributed by atoms with Gasteiger partial charge in [-0.3, -0.25) is 0 Å². The summed E-state index contributed by atoms with van der Waals surface area (Å²) < 4.78 is 1.08. The minimum Gasteiger partial charge on any atom is -0.373 e. The molecule has 0 bridgehead atoms. The minimum absolute atomic E-state index is 0.838. The summed E-state index contributed by atoms with van der Waals surface area (Å²) in [6, 6.07) is 1.96. The van der Waals surface area contributed by atoms with Gasteiger partial charge < -0.3 is 5.32 Å². The van der Waals surface area contributed by atoms with Gasteiger partial charge in [-0.2, -0.15) is 11.3 Å². The average Bonchev–Trinajstić information content (AvgIpc) is 2.74. The molecule has 2 heterocycles. The monoisotopic (exact) mass is 297 g/mol. The quantitative estimate of drug-likeness (QED) is 0.941. The lowest BCUT2D eigenvalue weighted by Crippen LogP contribution is -2.00. The van der Waals surface area contributed by atoms with E-state index in [1.165, 1.54) is 0 Å². The van der Waals surface area contributed by atoms with Crippen LogP contribution in [-0.4, -0.2) is 17.0 Å². The van der Waals surface area contributed by atoms with Crippen LogP contribution in [0.2, 0.25) is 0 Å². The normalized spacial score (nSPS) is 10.4. The van der Waals surface area contributed by atoms with Crippen molar-refractivity contribution < 1.29 is 0 Å². The van der Waals surface area contributed by atoms with E-state index in [-0.39, 0.29) is 0 Å². The molecule has 0 spiro atoms. The molecule has 16 heavy (non-hydrogen) atoms. The van der Waals surface area contributed by atoms with Gasteiger partial charge in [-0.15, -0.1) is 0 Å². The van der Waals surface area contributed by atoms with Crippen LogP contribution in [0.15, 0.2) is 21.3 Å². The molecule has 0 radical (unpaired) electrons. The molecule has 1 N–H and O–H groups in total. The lowest BCUT2D eigenvalue weighted by molar-refractivity contribution is 0.945. The fourth-order valence-electron chi connectivity index (χ4n) is 1.39. The molecule has 0 aliphatic carbocycles. The van der Waals surface area contributed by atoms with Crippen molar-refractivity contribution in [1.82, 2.24) is 9.97 Å². The van der Waals surface area contributed by atoms with E-state index in [0.717, 1.165) is 33.8 Å².